The molecule has 148 valence electrons. The van der Waals surface area contributed by atoms with E-state index in [0.717, 1.165) is 43.1 Å². The van der Waals surface area contributed by atoms with E-state index in [1.54, 1.807) is 24.3 Å². The van der Waals surface area contributed by atoms with Crippen molar-refractivity contribution in [3.63, 3.8) is 0 Å². The van der Waals surface area contributed by atoms with Crippen molar-refractivity contribution < 1.29 is 15.0 Å². The number of benzene rings is 3. The van der Waals surface area contributed by atoms with Crippen LogP contribution in [0.4, 0.5) is 0 Å². The third kappa shape index (κ3) is 2.78. The Hall–Kier alpha value is -3.59. The number of hydrogen-bond acceptors (Lipinski definition) is 3. The highest BCUT2D eigenvalue weighted by Gasteiger charge is 2.22. The number of fused-ring (bicyclic) bond motifs is 4. The molecule has 30 heavy (non-hydrogen) atoms. The average Bonchev–Trinajstić information content (AvgIpc) is 3.07. The molecule has 2 aliphatic carbocycles. The Balaban J connectivity index is 1.83. The Morgan fingerprint density at radius 1 is 0.867 bits per heavy atom. The van der Waals surface area contributed by atoms with Gasteiger partial charge in [-0.25, -0.2) is 0 Å². The summed E-state index contributed by atoms with van der Waals surface area (Å²) < 4.78 is 0. The SMILES string of the molecule is CC(C)C(=O)C1=CCc2c3c(ccc2=C1)=c1ccc(O)cc1=C3c1ccc(O)cc1. The standard InChI is InChI=1S/C27H22O3/c1-15(2)27(30)18-6-10-21-17(13-18)5-11-23-22-12-9-20(29)14-24(22)25(26(21)23)16-3-7-19(28)8-4-16/h3-9,11-15,28-29H,10H2,1-2H3. The number of ketones is 1. The maximum Gasteiger partial charge on any atom is 0.165 e. The number of carbonyl (C=O) groups excluding carboxylic acids is 1. The third-order valence-electron chi connectivity index (χ3n) is 5.96. The summed E-state index contributed by atoms with van der Waals surface area (Å²) in [5, 5.41) is 24.2. The number of rotatable bonds is 3. The van der Waals surface area contributed by atoms with Crippen LogP contribution in [0.25, 0.3) is 11.6 Å². The summed E-state index contributed by atoms with van der Waals surface area (Å²) in [7, 11) is 0. The van der Waals surface area contributed by atoms with Gasteiger partial charge >= 0.3 is 0 Å². The van der Waals surface area contributed by atoms with E-state index in [2.05, 4.69) is 12.1 Å². The van der Waals surface area contributed by atoms with Crippen molar-refractivity contribution in [1.82, 2.24) is 0 Å². The summed E-state index contributed by atoms with van der Waals surface area (Å²) in [5.41, 5.74) is 5.14. The zero-order valence-corrected chi connectivity index (χ0v) is 16.9. The molecule has 2 aliphatic rings. The first-order chi connectivity index (χ1) is 14.4. The van der Waals surface area contributed by atoms with Gasteiger partial charge in [-0.05, 0) is 79.9 Å². The molecule has 0 atom stereocenters. The van der Waals surface area contributed by atoms with E-state index in [4.69, 9.17) is 0 Å². The fourth-order valence-electron chi connectivity index (χ4n) is 4.51. The van der Waals surface area contributed by atoms with Crippen LogP contribution in [-0.2, 0) is 11.2 Å². The third-order valence-corrected chi connectivity index (χ3v) is 5.96. The Morgan fingerprint density at radius 2 is 1.57 bits per heavy atom. The highest BCUT2D eigenvalue weighted by molar-refractivity contribution is 6.04. The van der Waals surface area contributed by atoms with Crippen LogP contribution >= 0.6 is 0 Å². The van der Waals surface area contributed by atoms with Gasteiger partial charge in [-0.3, -0.25) is 4.79 Å². The van der Waals surface area contributed by atoms with Crippen molar-refractivity contribution >= 4 is 17.4 Å². The summed E-state index contributed by atoms with van der Waals surface area (Å²) in [4.78, 5) is 12.5. The molecule has 0 saturated heterocycles. The van der Waals surface area contributed by atoms with E-state index in [9.17, 15) is 15.0 Å². The summed E-state index contributed by atoms with van der Waals surface area (Å²) >= 11 is 0. The van der Waals surface area contributed by atoms with E-state index in [-0.39, 0.29) is 23.2 Å². The van der Waals surface area contributed by atoms with Gasteiger partial charge < -0.3 is 10.2 Å². The topological polar surface area (TPSA) is 57.5 Å². The lowest BCUT2D eigenvalue weighted by Gasteiger charge is -2.16. The smallest absolute Gasteiger partial charge is 0.165 e. The molecular formula is C27H22O3. The lowest BCUT2D eigenvalue weighted by atomic mass is 9.87. The number of hydrogen-bond donors (Lipinski definition) is 2. The van der Waals surface area contributed by atoms with Crippen LogP contribution in [0.15, 0.2) is 66.2 Å². The van der Waals surface area contributed by atoms with E-state index < -0.39 is 0 Å². The molecule has 0 heterocycles. The molecule has 3 aromatic carbocycles. The number of carbonyl (C=O) groups is 1. The minimum atomic E-state index is -0.0326. The number of aromatic hydroxyl groups is 2. The van der Waals surface area contributed by atoms with Crippen molar-refractivity contribution in [2.45, 2.75) is 20.3 Å². The molecule has 5 rings (SSSR count). The summed E-state index contributed by atoms with van der Waals surface area (Å²) in [6.07, 6.45) is 4.71. The first kappa shape index (κ1) is 18.4. The minimum absolute atomic E-state index is 0.0326. The molecule has 3 heteroatoms. The van der Waals surface area contributed by atoms with E-state index in [1.165, 1.54) is 5.56 Å². The summed E-state index contributed by atoms with van der Waals surface area (Å²) in [6, 6.07) is 16.9. The van der Waals surface area contributed by atoms with Gasteiger partial charge in [-0.1, -0.05) is 50.3 Å². The molecular weight excluding hydrogens is 372 g/mol. The van der Waals surface area contributed by atoms with Crippen molar-refractivity contribution in [3.8, 4) is 11.5 Å². The first-order valence-electron chi connectivity index (χ1n) is 10.2. The van der Waals surface area contributed by atoms with Gasteiger partial charge in [0.15, 0.2) is 5.78 Å². The van der Waals surface area contributed by atoms with Crippen molar-refractivity contribution in [1.29, 1.82) is 0 Å². The molecule has 3 nitrogen and oxygen atoms in total. The summed E-state index contributed by atoms with van der Waals surface area (Å²) in [6.45, 7) is 3.85. The largest absolute Gasteiger partial charge is 0.508 e. The number of phenols is 2. The lowest BCUT2D eigenvalue weighted by Crippen LogP contribution is -2.20. The number of phenolic OH excluding ortho intramolecular Hbond substituents is 2. The fourth-order valence-corrected chi connectivity index (χ4v) is 4.51. The maximum atomic E-state index is 12.5. The Kier molecular flexibility index (Phi) is 4.14. The number of Topliss-reactive ketones (excluding diaryl/α,β-unsaturated/α-hetero) is 1. The molecule has 0 fully saturated rings. The quantitative estimate of drug-likeness (QED) is 0.560. The van der Waals surface area contributed by atoms with Gasteiger partial charge in [0.1, 0.15) is 11.5 Å². The molecule has 0 spiro atoms. The van der Waals surface area contributed by atoms with Crippen molar-refractivity contribution in [2.24, 2.45) is 5.92 Å². The summed E-state index contributed by atoms with van der Waals surface area (Å²) in [5.74, 6) is 0.576. The molecule has 0 unspecified atom stereocenters. The second-order valence-electron chi connectivity index (χ2n) is 8.23. The Labute approximate surface area is 174 Å². The normalized spacial score (nSPS) is 14.0. The van der Waals surface area contributed by atoms with E-state index in [0.29, 0.717) is 6.42 Å². The Bertz CT molecular complexity index is 1460. The first-order valence-corrected chi connectivity index (χ1v) is 10.2. The van der Waals surface area contributed by atoms with Gasteiger partial charge in [0.25, 0.3) is 0 Å². The molecule has 0 amide bonds. The zero-order chi connectivity index (χ0) is 21.0. The molecule has 0 bridgehead atoms. The molecule has 0 saturated carbocycles. The molecule has 0 radical (unpaired) electrons. The van der Waals surface area contributed by atoms with Crippen LogP contribution in [0, 0.1) is 16.4 Å². The Morgan fingerprint density at radius 3 is 2.30 bits per heavy atom. The van der Waals surface area contributed by atoms with E-state index in [1.807, 2.05) is 44.2 Å². The highest BCUT2D eigenvalue weighted by Crippen LogP contribution is 2.30. The predicted molar refractivity (Wildman–Crippen MR) is 117 cm³/mol. The monoisotopic (exact) mass is 394 g/mol. The van der Waals surface area contributed by atoms with Gasteiger partial charge in [0.05, 0.1) is 0 Å². The highest BCUT2D eigenvalue weighted by atomic mass is 16.3. The second kappa shape index (κ2) is 6.74. The van der Waals surface area contributed by atoms with Crippen LogP contribution in [-0.4, -0.2) is 16.0 Å². The van der Waals surface area contributed by atoms with Crippen LogP contribution in [0.3, 0.4) is 0 Å². The van der Waals surface area contributed by atoms with Gasteiger partial charge in [-0.15, -0.1) is 0 Å². The predicted octanol–water partition coefficient (Wildman–Crippen LogP) is 3.43. The van der Waals surface area contributed by atoms with Gasteiger partial charge in [0, 0.05) is 11.5 Å². The average molecular weight is 394 g/mol. The molecule has 3 aromatic rings. The zero-order valence-electron chi connectivity index (χ0n) is 16.9. The van der Waals surface area contributed by atoms with E-state index >= 15 is 0 Å². The molecule has 0 aromatic heterocycles. The van der Waals surface area contributed by atoms with Crippen LogP contribution in [0.5, 0.6) is 11.5 Å². The lowest BCUT2D eigenvalue weighted by molar-refractivity contribution is -0.117. The van der Waals surface area contributed by atoms with Crippen molar-refractivity contribution in [2.75, 3.05) is 0 Å². The van der Waals surface area contributed by atoms with Crippen molar-refractivity contribution in [3.05, 3.63) is 104 Å². The maximum absolute atomic E-state index is 12.5. The number of allylic oxidation sites excluding steroid dienone is 2. The van der Waals surface area contributed by atoms with Crippen LogP contribution in [0.2, 0.25) is 0 Å². The van der Waals surface area contributed by atoms with Crippen LogP contribution < -0.4 is 10.4 Å². The minimum Gasteiger partial charge on any atom is -0.508 e. The van der Waals surface area contributed by atoms with Gasteiger partial charge in [-0.2, -0.15) is 0 Å². The van der Waals surface area contributed by atoms with Gasteiger partial charge in [0.2, 0.25) is 0 Å². The fraction of sp³-hybridized carbons (Fsp3) is 0.148. The van der Waals surface area contributed by atoms with Crippen LogP contribution in [0.1, 0.15) is 30.5 Å². The second-order valence-corrected chi connectivity index (χ2v) is 8.23. The molecule has 2 N–H and O–H groups in total. The molecule has 0 aliphatic heterocycles.